The number of anilines is 1. The minimum atomic E-state index is 0.513. The Morgan fingerprint density at radius 2 is 2.31 bits per heavy atom. The Kier molecular flexibility index (Phi) is 5.99. The molecule has 1 unspecified atom stereocenters. The van der Waals surface area contributed by atoms with Crippen LogP contribution >= 0.6 is 23.4 Å². The number of halogens is 1. The third kappa shape index (κ3) is 3.56. The van der Waals surface area contributed by atoms with Gasteiger partial charge in [0.1, 0.15) is 0 Å². The molecule has 0 aliphatic heterocycles. The molecule has 0 amide bonds. The van der Waals surface area contributed by atoms with E-state index < -0.39 is 0 Å². The number of thioether (sulfide) groups is 1. The standard InChI is InChI=1S/C12H19ClN2S/c1-10(5-7-16-3)15(2)12-9-14-6-4-11(12)8-13/h4,6,9-10H,5,7-8H2,1-3H3. The topological polar surface area (TPSA) is 16.1 Å². The molecule has 16 heavy (non-hydrogen) atoms. The zero-order valence-corrected chi connectivity index (χ0v) is 11.7. The maximum atomic E-state index is 5.93. The van der Waals surface area contributed by atoms with E-state index in [0.717, 1.165) is 11.3 Å². The molecule has 0 aliphatic rings. The summed E-state index contributed by atoms with van der Waals surface area (Å²) in [6.07, 6.45) is 7.00. The molecular weight excluding hydrogens is 240 g/mol. The number of hydrogen-bond acceptors (Lipinski definition) is 3. The monoisotopic (exact) mass is 258 g/mol. The van der Waals surface area contributed by atoms with Crippen molar-refractivity contribution >= 4 is 29.1 Å². The Morgan fingerprint density at radius 3 is 2.94 bits per heavy atom. The highest BCUT2D eigenvalue weighted by molar-refractivity contribution is 7.98. The highest BCUT2D eigenvalue weighted by Gasteiger charge is 2.12. The zero-order chi connectivity index (χ0) is 12.0. The SMILES string of the molecule is CSCCC(C)N(C)c1cnccc1CCl. The lowest BCUT2D eigenvalue weighted by Crippen LogP contribution is -2.30. The molecule has 0 aromatic carbocycles. The lowest BCUT2D eigenvalue weighted by molar-refractivity contribution is 0.666. The fourth-order valence-corrected chi connectivity index (χ4v) is 2.37. The summed E-state index contributed by atoms with van der Waals surface area (Å²) in [7, 11) is 2.11. The Bertz CT molecular complexity index is 320. The molecule has 1 aromatic heterocycles. The molecule has 0 aliphatic carbocycles. The average Bonchev–Trinajstić information content (AvgIpc) is 2.34. The first kappa shape index (κ1) is 13.7. The fraction of sp³-hybridized carbons (Fsp3) is 0.583. The Hall–Kier alpha value is -0.410. The van der Waals surface area contributed by atoms with Crippen molar-refractivity contribution in [2.24, 2.45) is 0 Å². The maximum Gasteiger partial charge on any atom is 0.0597 e. The van der Waals surface area contributed by atoms with E-state index in [1.165, 1.54) is 12.2 Å². The van der Waals surface area contributed by atoms with Gasteiger partial charge in [-0.1, -0.05) is 0 Å². The molecule has 4 heteroatoms. The van der Waals surface area contributed by atoms with Crippen LogP contribution in [0.25, 0.3) is 0 Å². The van der Waals surface area contributed by atoms with Crippen LogP contribution in [0.15, 0.2) is 18.5 Å². The van der Waals surface area contributed by atoms with Gasteiger partial charge in [0.15, 0.2) is 0 Å². The summed E-state index contributed by atoms with van der Waals surface area (Å²) in [6, 6.07) is 2.50. The van der Waals surface area contributed by atoms with E-state index in [2.05, 4.69) is 30.1 Å². The van der Waals surface area contributed by atoms with Gasteiger partial charge in [-0.3, -0.25) is 4.98 Å². The van der Waals surface area contributed by atoms with E-state index in [1.54, 1.807) is 6.20 Å². The molecule has 90 valence electrons. The van der Waals surface area contributed by atoms with Crippen molar-refractivity contribution in [1.29, 1.82) is 0 Å². The third-order valence-corrected chi connectivity index (χ3v) is 3.74. The van der Waals surface area contributed by atoms with E-state index in [4.69, 9.17) is 11.6 Å². The summed E-state index contributed by atoms with van der Waals surface area (Å²) in [5.41, 5.74) is 2.29. The van der Waals surface area contributed by atoms with Crippen LogP contribution in [0.3, 0.4) is 0 Å². The first-order valence-corrected chi connectivity index (χ1v) is 7.34. The van der Waals surface area contributed by atoms with Crippen molar-refractivity contribution in [3.05, 3.63) is 24.0 Å². The van der Waals surface area contributed by atoms with E-state index in [9.17, 15) is 0 Å². The number of rotatable bonds is 6. The Morgan fingerprint density at radius 1 is 1.56 bits per heavy atom. The van der Waals surface area contributed by atoms with E-state index in [-0.39, 0.29) is 0 Å². The van der Waals surface area contributed by atoms with Crippen LogP contribution in [-0.4, -0.2) is 30.1 Å². The van der Waals surface area contributed by atoms with Gasteiger partial charge < -0.3 is 4.90 Å². The second kappa shape index (κ2) is 7.02. The van der Waals surface area contributed by atoms with Gasteiger partial charge in [-0.05, 0) is 37.0 Å². The molecule has 1 heterocycles. The molecule has 0 bridgehead atoms. The number of pyridine rings is 1. The van der Waals surface area contributed by atoms with Crippen molar-refractivity contribution in [2.45, 2.75) is 25.3 Å². The summed E-state index contributed by atoms with van der Waals surface area (Å²) in [6.45, 7) is 2.24. The van der Waals surface area contributed by atoms with Crippen LogP contribution in [0, 0.1) is 0 Å². The molecular formula is C12H19ClN2S. The largest absolute Gasteiger partial charge is 0.370 e. The summed E-state index contributed by atoms with van der Waals surface area (Å²) < 4.78 is 0. The van der Waals surface area contributed by atoms with Crippen LogP contribution in [-0.2, 0) is 5.88 Å². The van der Waals surface area contributed by atoms with E-state index >= 15 is 0 Å². The van der Waals surface area contributed by atoms with Gasteiger partial charge in [0.25, 0.3) is 0 Å². The van der Waals surface area contributed by atoms with Gasteiger partial charge in [0.05, 0.1) is 11.9 Å². The number of alkyl halides is 1. The molecule has 0 saturated heterocycles. The van der Waals surface area contributed by atoms with Crippen molar-refractivity contribution < 1.29 is 0 Å². The molecule has 0 radical (unpaired) electrons. The van der Waals surface area contributed by atoms with Gasteiger partial charge in [0.2, 0.25) is 0 Å². The summed E-state index contributed by atoms with van der Waals surface area (Å²) in [5, 5.41) is 0. The molecule has 1 atom stereocenters. The molecule has 1 aromatic rings. The predicted octanol–water partition coefficient (Wildman–Crippen LogP) is 3.40. The summed E-state index contributed by atoms with van der Waals surface area (Å²) in [4.78, 5) is 6.44. The van der Waals surface area contributed by atoms with Crippen molar-refractivity contribution in [2.75, 3.05) is 24.0 Å². The van der Waals surface area contributed by atoms with Gasteiger partial charge in [-0.15, -0.1) is 11.6 Å². The smallest absolute Gasteiger partial charge is 0.0597 e. The normalized spacial score (nSPS) is 12.5. The van der Waals surface area contributed by atoms with Gasteiger partial charge in [-0.2, -0.15) is 11.8 Å². The first-order valence-electron chi connectivity index (χ1n) is 5.41. The van der Waals surface area contributed by atoms with E-state index in [0.29, 0.717) is 11.9 Å². The molecule has 0 saturated carbocycles. The second-order valence-electron chi connectivity index (χ2n) is 3.88. The third-order valence-electron chi connectivity index (χ3n) is 2.81. The molecule has 0 fully saturated rings. The fourth-order valence-electron chi connectivity index (χ4n) is 1.57. The van der Waals surface area contributed by atoms with Crippen LogP contribution in [0.5, 0.6) is 0 Å². The highest BCUT2D eigenvalue weighted by Crippen LogP contribution is 2.22. The number of hydrogen-bond donors (Lipinski definition) is 0. The lowest BCUT2D eigenvalue weighted by atomic mass is 10.1. The van der Waals surface area contributed by atoms with Crippen LogP contribution in [0.2, 0.25) is 0 Å². The van der Waals surface area contributed by atoms with Crippen molar-refractivity contribution in [3.63, 3.8) is 0 Å². The van der Waals surface area contributed by atoms with Crippen molar-refractivity contribution in [1.82, 2.24) is 4.98 Å². The minimum Gasteiger partial charge on any atom is -0.370 e. The Labute approximate surface area is 107 Å². The number of aromatic nitrogens is 1. The quantitative estimate of drug-likeness (QED) is 0.728. The number of nitrogens with zero attached hydrogens (tertiary/aromatic N) is 2. The molecule has 1 rings (SSSR count). The van der Waals surface area contributed by atoms with Crippen LogP contribution < -0.4 is 4.90 Å². The van der Waals surface area contributed by atoms with Gasteiger partial charge in [-0.25, -0.2) is 0 Å². The summed E-state index contributed by atoms with van der Waals surface area (Å²) >= 11 is 7.81. The lowest BCUT2D eigenvalue weighted by Gasteiger charge is -2.28. The minimum absolute atomic E-state index is 0.513. The molecule has 0 spiro atoms. The zero-order valence-electron chi connectivity index (χ0n) is 10.1. The molecule has 0 N–H and O–H groups in total. The average molecular weight is 259 g/mol. The highest BCUT2D eigenvalue weighted by atomic mass is 35.5. The van der Waals surface area contributed by atoms with Gasteiger partial charge in [0, 0.05) is 25.2 Å². The first-order chi connectivity index (χ1) is 7.70. The van der Waals surface area contributed by atoms with Gasteiger partial charge >= 0.3 is 0 Å². The predicted molar refractivity (Wildman–Crippen MR) is 74.7 cm³/mol. The molecule has 2 nitrogen and oxygen atoms in total. The summed E-state index contributed by atoms with van der Waals surface area (Å²) in [5.74, 6) is 1.72. The van der Waals surface area contributed by atoms with Crippen molar-refractivity contribution in [3.8, 4) is 0 Å². The Balaban J connectivity index is 2.74. The van der Waals surface area contributed by atoms with Crippen LogP contribution in [0.4, 0.5) is 5.69 Å². The van der Waals surface area contributed by atoms with Crippen LogP contribution in [0.1, 0.15) is 18.9 Å². The second-order valence-corrected chi connectivity index (χ2v) is 5.13. The maximum absolute atomic E-state index is 5.93. The van der Waals surface area contributed by atoms with E-state index in [1.807, 2.05) is 24.0 Å².